The summed E-state index contributed by atoms with van der Waals surface area (Å²) in [5.74, 6) is 1.01. The number of aryl methyl sites for hydroxylation is 1. The summed E-state index contributed by atoms with van der Waals surface area (Å²) in [4.78, 5) is 19.4. The van der Waals surface area contributed by atoms with Gasteiger partial charge in [0.1, 0.15) is 0 Å². The molecule has 2 aromatic heterocycles. The molecule has 28 heavy (non-hydrogen) atoms. The normalized spacial score (nSPS) is 29.7. The average molecular weight is 383 g/mol. The molecule has 3 heterocycles. The standard InChI is InChI=1S/C22H30N4O2/c1-21(28)10-17(11-21)20(27)26-13-22(14-26)7-5-15(6-8-22)9-18-4-3-16-12-23-25(2)19(16)24-18/h3-4,12,15,17,28H,5-11,13-14H2,1-2H3. The first-order valence-corrected chi connectivity index (χ1v) is 10.6. The molecule has 6 nitrogen and oxygen atoms in total. The van der Waals surface area contributed by atoms with Crippen LogP contribution >= 0.6 is 0 Å². The predicted octanol–water partition coefficient (Wildman–Crippen LogP) is 2.69. The second kappa shape index (κ2) is 6.28. The summed E-state index contributed by atoms with van der Waals surface area (Å²) < 4.78 is 1.84. The first kappa shape index (κ1) is 18.1. The molecule has 1 aliphatic heterocycles. The fourth-order valence-electron chi connectivity index (χ4n) is 5.64. The van der Waals surface area contributed by atoms with E-state index < -0.39 is 5.60 Å². The summed E-state index contributed by atoms with van der Waals surface area (Å²) in [7, 11) is 1.94. The molecule has 6 heteroatoms. The van der Waals surface area contributed by atoms with Gasteiger partial charge in [-0.15, -0.1) is 0 Å². The molecule has 2 aromatic rings. The minimum Gasteiger partial charge on any atom is -0.390 e. The largest absolute Gasteiger partial charge is 0.390 e. The number of amides is 1. The van der Waals surface area contributed by atoms with E-state index >= 15 is 0 Å². The van der Waals surface area contributed by atoms with Gasteiger partial charge in [0, 0.05) is 42.6 Å². The first-order chi connectivity index (χ1) is 13.3. The molecule has 0 radical (unpaired) electrons. The maximum absolute atomic E-state index is 12.5. The Balaban J connectivity index is 1.13. The van der Waals surface area contributed by atoms with Crippen LogP contribution in [0.5, 0.6) is 0 Å². The fourth-order valence-corrected chi connectivity index (χ4v) is 5.64. The molecule has 0 unspecified atom stereocenters. The second-order valence-electron chi connectivity index (χ2n) is 9.93. The zero-order valence-corrected chi connectivity index (χ0v) is 16.9. The van der Waals surface area contributed by atoms with Crippen molar-refractivity contribution >= 4 is 16.9 Å². The highest BCUT2D eigenvalue weighted by molar-refractivity contribution is 5.81. The van der Waals surface area contributed by atoms with Crippen molar-refractivity contribution in [2.45, 2.75) is 57.5 Å². The molecule has 1 saturated heterocycles. The number of hydrogen-bond acceptors (Lipinski definition) is 4. The van der Waals surface area contributed by atoms with Gasteiger partial charge in [-0.2, -0.15) is 5.10 Å². The van der Waals surface area contributed by atoms with E-state index in [1.54, 1.807) is 0 Å². The van der Waals surface area contributed by atoms with Gasteiger partial charge in [-0.25, -0.2) is 4.98 Å². The molecule has 3 aliphatic rings. The molecule has 0 bridgehead atoms. The van der Waals surface area contributed by atoms with Crippen molar-refractivity contribution < 1.29 is 9.90 Å². The van der Waals surface area contributed by atoms with Gasteiger partial charge in [0.05, 0.1) is 11.8 Å². The molecule has 150 valence electrons. The van der Waals surface area contributed by atoms with Crippen molar-refractivity contribution in [2.75, 3.05) is 13.1 Å². The Kier molecular flexibility index (Phi) is 4.06. The van der Waals surface area contributed by atoms with Gasteiger partial charge >= 0.3 is 0 Å². The van der Waals surface area contributed by atoms with E-state index in [1.165, 1.54) is 31.4 Å². The van der Waals surface area contributed by atoms with Crippen LogP contribution in [-0.2, 0) is 18.3 Å². The van der Waals surface area contributed by atoms with Crippen LogP contribution < -0.4 is 0 Å². The number of aromatic nitrogens is 3. The molecular weight excluding hydrogens is 352 g/mol. The minimum absolute atomic E-state index is 0.0525. The third-order valence-electron chi connectivity index (χ3n) is 7.39. The highest BCUT2D eigenvalue weighted by Crippen LogP contribution is 2.48. The highest BCUT2D eigenvalue weighted by Gasteiger charge is 2.51. The molecule has 1 N–H and O–H groups in total. The number of carbonyl (C=O) groups is 1. The highest BCUT2D eigenvalue weighted by atomic mass is 16.3. The Morgan fingerprint density at radius 1 is 1.25 bits per heavy atom. The summed E-state index contributed by atoms with van der Waals surface area (Å²) in [5, 5.41) is 15.3. The fraction of sp³-hybridized carbons (Fsp3) is 0.682. The third-order valence-corrected chi connectivity index (χ3v) is 7.39. The van der Waals surface area contributed by atoms with E-state index in [0.29, 0.717) is 24.2 Å². The summed E-state index contributed by atoms with van der Waals surface area (Å²) in [6, 6.07) is 4.27. The number of aliphatic hydroxyl groups is 1. The van der Waals surface area contributed by atoms with Crippen LogP contribution in [0, 0.1) is 17.3 Å². The lowest BCUT2D eigenvalue weighted by molar-refractivity contribution is -0.163. The molecule has 0 aromatic carbocycles. The Labute approximate surface area is 165 Å². The lowest BCUT2D eigenvalue weighted by Gasteiger charge is -2.55. The van der Waals surface area contributed by atoms with Crippen LogP contribution in [-0.4, -0.2) is 49.4 Å². The van der Waals surface area contributed by atoms with Crippen LogP contribution in [0.25, 0.3) is 11.0 Å². The molecule has 1 spiro atoms. The average Bonchev–Trinajstić information content (AvgIpc) is 2.99. The molecule has 2 saturated carbocycles. The van der Waals surface area contributed by atoms with Crippen molar-refractivity contribution in [3.8, 4) is 0 Å². The van der Waals surface area contributed by atoms with E-state index in [4.69, 9.17) is 4.98 Å². The van der Waals surface area contributed by atoms with E-state index in [-0.39, 0.29) is 11.8 Å². The van der Waals surface area contributed by atoms with Crippen molar-refractivity contribution in [3.63, 3.8) is 0 Å². The Hall–Kier alpha value is -1.95. The van der Waals surface area contributed by atoms with Crippen LogP contribution in [0.4, 0.5) is 0 Å². The van der Waals surface area contributed by atoms with Gasteiger partial charge in [0.25, 0.3) is 0 Å². The maximum atomic E-state index is 12.5. The smallest absolute Gasteiger partial charge is 0.225 e. The first-order valence-electron chi connectivity index (χ1n) is 10.6. The summed E-state index contributed by atoms with van der Waals surface area (Å²) in [6.45, 7) is 3.68. The van der Waals surface area contributed by atoms with Crippen LogP contribution in [0.3, 0.4) is 0 Å². The lowest BCUT2D eigenvalue weighted by atomic mass is 9.64. The number of likely N-dealkylation sites (tertiary alicyclic amines) is 1. The van der Waals surface area contributed by atoms with Crippen molar-refractivity contribution in [2.24, 2.45) is 24.3 Å². The van der Waals surface area contributed by atoms with Gasteiger partial charge in [0.2, 0.25) is 5.91 Å². The number of nitrogens with zero attached hydrogens (tertiary/aromatic N) is 4. The number of pyridine rings is 1. The second-order valence-corrected chi connectivity index (χ2v) is 9.93. The molecule has 1 amide bonds. The summed E-state index contributed by atoms with van der Waals surface area (Å²) in [6.07, 6.45) is 9.06. The van der Waals surface area contributed by atoms with E-state index in [0.717, 1.165) is 30.5 Å². The SMILES string of the molecule is Cn1ncc2ccc(CC3CCC4(CC3)CN(C(=O)C3CC(C)(O)C3)C4)nc21. The maximum Gasteiger partial charge on any atom is 0.225 e. The molecule has 2 aliphatic carbocycles. The summed E-state index contributed by atoms with van der Waals surface area (Å²) in [5.41, 5.74) is 1.87. The number of fused-ring (bicyclic) bond motifs is 1. The van der Waals surface area contributed by atoms with E-state index in [2.05, 4.69) is 17.2 Å². The molecule has 3 fully saturated rings. The van der Waals surface area contributed by atoms with E-state index in [9.17, 15) is 9.90 Å². The zero-order valence-electron chi connectivity index (χ0n) is 16.9. The number of hydrogen-bond donors (Lipinski definition) is 1. The van der Waals surface area contributed by atoms with Gasteiger partial charge in [0.15, 0.2) is 5.65 Å². The van der Waals surface area contributed by atoms with Crippen LogP contribution in [0.15, 0.2) is 18.3 Å². The van der Waals surface area contributed by atoms with E-state index in [1.807, 2.05) is 29.7 Å². The Morgan fingerprint density at radius 3 is 2.64 bits per heavy atom. The summed E-state index contributed by atoms with van der Waals surface area (Å²) >= 11 is 0. The predicted molar refractivity (Wildman–Crippen MR) is 107 cm³/mol. The zero-order chi connectivity index (χ0) is 19.5. The lowest BCUT2D eigenvalue weighted by Crippen LogP contribution is -2.62. The third kappa shape index (κ3) is 3.11. The molecule has 0 atom stereocenters. The van der Waals surface area contributed by atoms with Crippen molar-refractivity contribution in [3.05, 3.63) is 24.0 Å². The topological polar surface area (TPSA) is 71.2 Å². The monoisotopic (exact) mass is 382 g/mol. The van der Waals surface area contributed by atoms with Crippen molar-refractivity contribution in [1.82, 2.24) is 19.7 Å². The Morgan fingerprint density at radius 2 is 1.96 bits per heavy atom. The number of carbonyl (C=O) groups excluding carboxylic acids is 1. The van der Waals surface area contributed by atoms with Gasteiger partial charge in [-0.1, -0.05) is 0 Å². The van der Waals surface area contributed by atoms with Crippen molar-refractivity contribution in [1.29, 1.82) is 0 Å². The van der Waals surface area contributed by atoms with Crippen LogP contribution in [0.1, 0.15) is 51.1 Å². The Bertz CT molecular complexity index is 894. The van der Waals surface area contributed by atoms with Gasteiger partial charge < -0.3 is 10.0 Å². The molecular formula is C22H30N4O2. The molecule has 5 rings (SSSR count). The minimum atomic E-state index is -0.618. The number of rotatable bonds is 3. The van der Waals surface area contributed by atoms with Gasteiger partial charge in [-0.3, -0.25) is 9.48 Å². The van der Waals surface area contributed by atoms with Crippen LogP contribution in [0.2, 0.25) is 0 Å². The van der Waals surface area contributed by atoms with Gasteiger partial charge in [-0.05, 0) is 69.9 Å². The quantitative estimate of drug-likeness (QED) is 0.886.